The summed E-state index contributed by atoms with van der Waals surface area (Å²) in [5.41, 5.74) is 1.04. The molecule has 0 bridgehead atoms. The summed E-state index contributed by atoms with van der Waals surface area (Å²) in [4.78, 5) is 14.3. The maximum atomic E-state index is 14.5. The van der Waals surface area contributed by atoms with Gasteiger partial charge in [-0.25, -0.2) is 17.5 Å². The molecule has 4 rings (SSSR count). The molecule has 0 unspecified atom stereocenters. The third-order valence-corrected chi connectivity index (χ3v) is 6.94. The molecule has 1 fully saturated rings. The number of furan rings is 1. The first-order valence-corrected chi connectivity index (χ1v) is 11.0. The average Bonchev–Trinajstić information content (AvgIpc) is 3.07. The molecule has 1 aliphatic heterocycles. The molecule has 1 amide bonds. The second-order valence-electron chi connectivity index (χ2n) is 6.93. The van der Waals surface area contributed by atoms with Crippen LogP contribution < -0.4 is 14.4 Å². The Bertz CT molecular complexity index is 1270. The second-order valence-corrected chi connectivity index (χ2v) is 8.96. The zero-order valence-electron chi connectivity index (χ0n) is 16.2. The topological polar surface area (TPSA) is 88.8 Å². The lowest BCUT2D eigenvalue weighted by atomic mass is 10.1. The SMILES string of the molecule is COc1ccc(Cl)c(C)c1S(=O)(=O)NC(=O)c1cc2c(F)cc(N3CCC3)cc2o1. The summed E-state index contributed by atoms with van der Waals surface area (Å²) in [6, 6.07) is 7.07. The number of hydrogen-bond donors (Lipinski definition) is 1. The Balaban J connectivity index is 1.68. The Morgan fingerprint density at radius 1 is 1.27 bits per heavy atom. The lowest BCUT2D eigenvalue weighted by Crippen LogP contribution is -2.36. The van der Waals surface area contributed by atoms with Gasteiger partial charge in [0.2, 0.25) is 0 Å². The van der Waals surface area contributed by atoms with Gasteiger partial charge in [-0.15, -0.1) is 0 Å². The maximum absolute atomic E-state index is 14.5. The van der Waals surface area contributed by atoms with Crippen molar-refractivity contribution in [3.63, 3.8) is 0 Å². The minimum Gasteiger partial charge on any atom is -0.495 e. The molecule has 2 aromatic carbocycles. The van der Waals surface area contributed by atoms with Gasteiger partial charge in [0.1, 0.15) is 22.0 Å². The number of ether oxygens (including phenoxy) is 1. The first-order valence-electron chi connectivity index (χ1n) is 9.09. The van der Waals surface area contributed by atoms with Crippen molar-refractivity contribution < 1.29 is 26.8 Å². The van der Waals surface area contributed by atoms with E-state index in [0.29, 0.717) is 5.69 Å². The number of benzene rings is 2. The lowest BCUT2D eigenvalue weighted by Gasteiger charge is -2.33. The van der Waals surface area contributed by atoms with Crippen LogP contribution in [0, 0.1) is 12.7 Å². The number of anilines is 1. The number of nitrogens with zero attached hydrogens (tertiary/aromatic N) is 1. The fourth-order valence-corrected chi connectivity index (χ4v) is 4.90. The molecular formula is C20H18ClFN2O5S. The highest BCUT2D eigenvalue weighted by atomic mass is 35.5. The highest BCUT2D eigenvalue weighted by molar-refractivity contribution is 7.90. The van der Waals surface area contributed by atoms with Crippen LogP contribution in [0.15, 0.2) is 39.6 Å². The van der Waals surface area contributed by atoms with Gasteiger partial charge in [-0.1, -0.05) is 11.6 Å². The molecule has 1 N–H and O–H groups in total. The molecule has 30 heavy (non-hydrogen) atoms. The number of fused-ring (bicyclic) bond motifs is 1. The lowest BCUT2D eigenvalue weighted by molar-refractivity contribution is 0.0956. The van der Waals surface area contributed by atoms with Gasteiger partial charge < -0.3 is 14.1 Å². The van der Waals surface area contributed by atoms with E-state index < -0.39 is 21.7 Å². The van der Waals surface area contributed by atoms with E-state index in [1.807, 2.05) is 9.62 Å². The quantitative estimate of drug-likeness (QED) is 0.632. The van der Waals surface area contributed by atoms with Gasteiger partial charge in [0, 0.05) is 35.9 Å². The molecular weight excluding hydrogens is 435 g/mol. The van der Waals surface area contributed by atoms with Crippen LogP contribution in [0.1, 0.15) is 22.5 Å². The fourth-order valence-electron chi connectivity index (χ4n) is 3.31. The van der Waals surface area contributed by atoms with Crippen LogP contribution in [0.4, 0.5) is 10.1 Å². The molecule has 0 atom stereocenters. The predicted molar refractivity (Wildman–Crippen MR) is 110 cm³/mol. The highest BCUT2D eigenvalue weighted by Crippen LogP contribution is 2.33. The molecule has 158 valence electrons. The molecule has 0 saturated carbocycles. The van der Waals surface area contributed by atoms with E-state index in [4.69, 9.17) is 20.8 Å². The number of nitrogens with one attached hydrogen (secondary N) is 1. The Kier molecular flexibility index (Phi) is 5.11. The Morgan fingerprint density at radius 3 is 2.63 bits per heavy atom. The van der Waals surface area contributed by atoms with E-state index in [0.717, 1.165) is 19.5 Å². The summed E-state index contributed by atoms with van der Waals surface area (Å²) < 4.78 is 52.7. The van der Waals surface area contributed by atoms with Gasteiger partial charge in [0.25, 0.3) is 10.0 Å². The van der Waals surface area contributed by atoms with E-state index in [1.165, 1.54) is 38.3 Å². The Morgan fingerprint density at radius 2 is 2.00 bits per heavy atom. The van der Waals surface area contributed by atoms with Crippen molar-refractivity contribution in [3.8, 4) is 5.75 Å². The molecule has 1 aromatic heterocycles. The van der Waals surface area contributed by atoms with Crippen LogP contribution in [-0.4, -0.2) is 34.5 Å². The number of hydrogen-bond acceptors (Lipinski definition) is 6. The monoisotopic (exact) mass is 452 g/mol. The molecule has 3 aromatic rings. The number of rotatable bonds is 5. The van der Waals surface area contributed by atoms with Crippen LogP contribution in [0.5, 0.6) is 5.75 Å². The van der Waals surface area contributed by atoms with Crippen molar-refractivity contribution in [1.29, 1.82) is 0 Å². The summed E-state index contributed by atoms with van der Waals surface area (Å²) in [7, 11) is -3.03. The minimum absolute atomic E-state index is 0.0343. The van der Waals surface area contributed by atoms with E-state index in [9.17, 15) is 17.6 Å². The van der Waals surface area contributed by atoms with E-state index in [1.54, 1.807) is 6.07 Å². The first kappa shape index (κ1) is 20.5. The third kappa shape index (κ3) is 3.48. The molecule has 0 aliphatic carbocycles. The predicted octanol–water partition coefficient (Wildman–Crippen LogP) is 3.87. The summed E-state index contributed by atoms with van der Waals surface area (Å²) in [6.07, 6.45) is 1.02. The van der Waals surface area contributed by atoms with Gasteiger partial charge >= 0.3 is 5.91 Å². The molecule has 10 heteroatoms. The molecule has 0 spiro atoms. The average molecular weight is 453 g/mol. The number of carbonyl (C=O) groups is 1. The van der Waals surface area contributed by atoms with E-state index in [-0.39, 0.29) is 38.0 Å². The summed E-state index contributed by atoms with van der Waals surface area (Å²) in [5.74, 6) is -1.87. The third-order valence-electron chi connectivity index (χ3n) is 5.04. The minimum atomic E-state index is -4.34. The largest absolute Gasteiger partial charge is 0.495 e. The summed E-state index contributed by atoms with van der Waals surface area (Å²) in [6.45, 7) is 3.13. The van der Waals surface area contributed by atoms with Crippen molar-refractivity contribution in [2.24, 2.45) is 0 Å². The van der Waals surface area contributed by atoms with Crippen molar-refractivity contribution in [3.05, 3.63) is 52.5 Å². The van der Waals surface area contributed by atoms with Crippen molar-refractivity contribution >= 4 is 44.2 Å². The van der Waals surface area contributed by atoms with Gasteiger partial charge in [-0.2, -0.15) is 0 Å². The smallest absolute Gasteiger partial charge is 0.300 e. The Labute approximate surface area is 177 Å². The number of methoxy groups -OCH3 is 1. The van der Waals surface area contributed by atoms with Crippen LogP contribution in [0.25, 0.3) is 11.0 Å². The van der Waals surface area contributed by atoms with Gasteiger partial charge in [-0.3, -0.25) is 4.79 Å². The number of amides is 1. The van der Waals surface area contributed by atoms with Gasteiger partial charge in [-0.05, 0) is 37.1 Å². The van der Waals surface area contributed by atoms with E-state index >= 15 is 0 Å². The summed E-state index contributed by atoms with van der Waals surface area (Å²) in [5, 5.41) is 0.297. The van der Waals surface area contributed by atoms with Crippen LogP contribution >= 0.6 is 11.6 Å². The normalized spacial score (nSPS) is 13.9. The summed E-state index contributed by atoms with van der Waals surface area (Å²) >= 11 is 6.03. The van der Waals surface area contributed by atoms with Gasteiger partial charge in [0.15, 0.2) is 5.76 Å². The highest BCUT2D eigenvalue weighted by Gasteiger charge is 2.28. The zero-order chi connectivity index (χ0) is 21.6. The molecule has 7 nitrogen and oxygen atoms in total. The number of halogens is 2. The van der Waals surface area contributed by atoms with Crippen LogP contribution in [0.3, 0.4) is 0 Å². The fraction of sp³-hybridized carbons (Fsp3) is 0.250. The molecule has 2 heterocycles. The van der Waals surface area contributed by atoms with Crippen molar-refractivity contribution in [2.45, 2.75) is 18.2 Å². The van der Waals surface area contributed by atoms with Crippen LogP contribution in [-0.2, 0) is 10.0 Å². The maximum Gasteiger partial charge on any atom is 0.300 e. The zero-order valence-corrected chi connectivity index (χ0v) is 17.7. The first-order chi connectivity index (χ1) is 14.2. The van der Waals surface area contributed by atoms with Crippen molar-refractivity contribution in [1.82, 2.24) is 4.72 Å². The molecule has 0 radical (unpaired) electrons. The number of carbonyl (C=O) groups excluding carboxylic acids is 1. The number of sulfonamides is 1. The second kappa shape index (κ2) is 7.48. The van der Waals surface area contributed by atoms with E-state index in [2.05, 4.69) is 0 Å². The Hall–Kier alpha value is -2.78. The van der Waals surface area contributed by atoms with Crippen LogP contribution in [0.2, 0.25) is 5.02 Å². The van der Waals surface area contributed by atoms with Crippen molar-refractivity contribution in [2.75, 3.05) is 25.1 Å². The molecule has 1 aliphatic rings. The van der Waals surface area contributed by atoms with Gasteiger partial charge in [0.05, 0.1) is 12.5 Å². The molecule has 1 saturated heterocycles. The standard InChI is InChI=1S/C20H18ClFN2O5S/c1-11-14(21)4-5-16(28-2)19(11)30(26,27)23-20(25)18-10-13-15(22)8-12(9-17(13)29-18)24-6-3-7-24/h4-5,8-10H,3,6-7H2,1-2H3,(H,23,25).